The summed E-state index contributed by atoms with van der Waals surface area (Å²) in [5.41, 5.74) is 3.06. The van der Waals surface area contributed by atoms with Crippen LogP contribution in [0.3, 0.4) is 0 Å². The van der Waals surface area contributed by atoms with Gasteiger partial charge in [-0.3, -0.25) is 0 Å². The van der Waals surface area contributed by atoms with E-state index >= 15 is 0 Å². The Morgan fingerprint density at radius 2 is 2.25 bits per heavy atom. The van der Waals surface area contributed by atoms with Crippen molar-refractivity contribution in [1.82, 2.24) is 0 Å². The molecule has 0 spiro atoms. The van der Waals surface area contributed by atoms with Crippen molar-refractivity contribution in [3.8, 4) is 5.75 Å². The first kappa shape index (κ1) is 13.4. The van der Waals surface area contributed by atoms with Gasteiger partial charge in [0.05, 0.1) is 18.4 Å². The van der Waals surface area contributed by atoms with Crippen LogP contribution < -0.4 is 4.74 Å². The molecule has 108 valence electrons. The molecule has 20 heavy (non-hydrogen) atoms. The number of aryl methyl sites for hydroxylation is 1. The molecular weight excluding hydrogens is 254 g/mol. The van der Waals surface area contributed by atoms with E-state index < -0.39 is 0 Å². The molecule has 0 amide bonds. The van der Waals surface area contributed by atoms with Gasteiger partial charge in [0.1, 0.15) is 5.75 Å². The zero-order valence-corrected chi connectivity index (χ0v) is 11.7. The lowest BCUT2D eigenvalue weighted by Gasteiger charge is -2.18. The van der Waals surface area contributed by atoms with Crippen molar-refractivity contribution < 1.29 is 14.7 Å². The molecule has 2 aliphatic rings. The first-order chi connectivity index (χ1) is 9.86. The lowest BCUT2D eigenvalue weighted by molar-refractivity contribution is 0.0903. The van der Waals surface area contributed by atoms with Gasteiger partial charge in [-0.1, -0.05) is 11.2 Å². The van der Waals surface area contributed by atoms with Gasteiger partial charge in [-0.15, -0.1) is 0 Å². The number of ether oxygens (including phenoxy) is 2. The fourth-order valence-electron chi connectivity index (χ4n) is 3.00. The normalized spacial score (nSPS) is 23.8. The molecule has 1 aromatic carbocycles. The van der Waals surface area contributed by atoms with Crippen molar-refractivity contribution in [3.63, 3.8) is 0 Å². The van der Waals surface area contributed by atoms with Crippen LogP contribution >= 0.6 is 0 Å². The fourth-order valence-corrected chi connectivity index (χ4v) is 3.00. The number of oxime groups is 1. The van der Waals surface area contributed by atoms with E-state index in [1.165, 1.54) is 12.0 Å². The van der Waals surface area contributed by atoms with Gasteiger partial charge in [-0.2, -0.15) is 0 Å². The molecule has 0 saturated carbocycles. The molecule has 1 aromatic rings. The average molecular weight is 275 g/mol. The van der Waals surface area contributed by atoms with Crippen LogP contribution in [0.4, 0.5) is 0 Å². The Balaban J connectivity index is 1.62. The molecule has 1 fully saturated rings. The van der Waals surface area contributed by atoms with Crippen LogP contribution in [0.5, 0.6) is 5.75 Å². The van der Waals surface area contributed by atoms with Gasteiger partial charge in [0.15, 0.2) is 0 Å². The lowest BCUT2D eigenvalue weighted by Crippen LogP contribution is -2.13. The standard InChI is InChI=1S/C16H21NO3/c18-17-16-5-1-3-12-6-7-14(11-15(12)16)20-10-8-13-4-2-9-19-13/h6-7,11,13,18H,1-5,8-10H2/b17-16-. The zero-order valence-electron chi connectivity index (χ0n) is 11.7. The minimum Gasteiger partial charge on any atom is -0.493 e. The molecule has 1 saturated heterocycles. The Hall–Kier alpha value is -1.55. The highest BCUT2D eigenvalue weighted by Crippen LogP contribution is 2.26. The number of hydrogen-bond acceptors (Lipinski definition) is 4. The van der Waals surface area contributed by atoms with Gasteiger partial charge in [-0.25, -0.2) is 0 Å². The molecular formula is C16H21NO3. The minimum atomic E-state index is 0.363. The maximum atomic E-state index is 9.08. The topological polar surface area (TPSA) is 51.1 Å². The molecule has 1 heterocycles. The summed E-state index contributed by atoms with van der Waals surface area (Å²) in [4.78, 5) is 0. The Morgan fingerprint density at radius 1 is 1.30 bits per heavy atom. The van der Waals surface area contributed by atoms with Gasteiger partial charge in [0.2, 0.25) is 0 Å². The predicted octanol–water partition coefficient (Wildman–Crippen LogP) is 3.15. The highest BCUT2D eigenvalue weighted by atomic mass is 16.5. The SMILES string of the molecule is O/N=C1/CCCc2ccc(OCCC3CCCO3)cc21. The first-order valence-corrected chi connectivity index (χ1v) is 7.45. The highest BCUT2D eigenvalue weighted by Gasteiger charge is 2.18. The third kappa shape index (κ3) is 2.96. The molecule has 1 aliphatic carbocycles. The van der Waals surface area contributed by atoms with Gasteiger partial charge < -0.3 is 14.7 Å². The van der Waals surface area contributed by atoms with E-state index in [9.17, 15) is 0 Å². The summed E-state index contributed by atoms with van der Waals surface area (Å²) in [5.74, 6) is 0.852. The first-order valence-electron chi connectivity index (χ1n) is 7.45. The van der Waals surface area contributed by atoms with Crippen LogP contribution in [0.25, 0.3) is 0 Å². The fraction of sp³-hybridized carbons (Fsp3) is 0.562. The minimum absolute atomic E-state index is 0.363. The second-order valence-electron chi connectivity index (χ2n) is 5.49. The summed E-state index contributed by atoms with van der Waals surface area (Å²) in [6.07, 6.45) is 6.55. The van der Waals surface area contributed by atoms with Crippen LogP contribution in [0.15, 0.2) is 23.4 Å². The van der Waals surface area contributed by atoms with Crippen molar-refractivity contribution >= 4 is 5.71 Å². The van der Waals surface area contributed by atoms with E-state index in [1.54, 1.807) is 0 Å². The largest absolute Gasteiger partial charge is 0.493 e. The molecule has 1 N–H and O–H groups in total. The van der Waals surface area contributed by atoms with Crippen LogP contribution in [-0.4, -0.2) is 30.2 Å². The van der Waals surface area contributed by atoms with Gasteiger partial charge in [-0.05, 0) is 49.8 Å². The van der Waals surface area contributed by atoms with Crippen LogP contribution in [0.1, 0.15) is 43.2 Å². The lowest BCUT2D eigenvalue weighted by atomic mass is 9.90. The molecule has 0 radical (unpaired) electrons. The molecule has 0 bridgehead atoms. The average Bonchev–Trinajstić information content (AvgIpc) is 3.00. The number of benzene rings is 1. The highest BCUT2D eigenvalue weighted by molar-refractivity contribution is 6.02. The van der Waals surface area contributed by atoms with E-state index in [4.69, 9.17) is 14.7 Å². The number of rotatable bonds is 4. The van der Waals surface area contributed by atoms with E-state index in [1.807, 2.05) is 12.1 Å². The van der Waals surface area contributed by atoms with Crippen molar-refractivity contribution in [3.05, 3.63) is 29.3 Å². The molecule has 4 nitrogen and oxygen atoms in total. The second kappa shape index (κ2) is 6.27. The van der Waals surface area contributed by atoms with Crippen molar-refractivity contribution in [2.24, 2.45) is 5.16 Å². The van der Waals surface area contributed by atoms with Crippen LogP contribution in [0.2, 0.25) is 0 Å². The maximum absolute atomic E-state index is 9.08. The van der Waals surface area contributed by atoms with E-state index in [-0.39, 0.29) is 0 Å². The predicted molar refractivity (Wildman–Crippen MR) is 76.8 cm³/mol. The summed E-state index contributed by atoms with van der Waals surface area (Å²) < 4.78 is 11.4. The Labute approximate surface area is 119 Å². The summed E-state index contributed by atoms with van der Waals surface area (Å²) in [5, 5.41) is 12.5. The van der Waals surface area contributed by atoms with Crippen LogP contribution in [0, 0.1) is 0 Å². The Kier molecular flexibility index (Phi) is 4.21. The summed E-state index contributed by atoms with van der Waals surface area (Å²) >= 11 is 0. The quantitative estimate of drug-likeness (QED) is 0.678. The third-order valence-electron chi connectivity index (χ3n) is 4.11. The van der Waals surface area contributed by atoms with Crippen molar-refractivity contribution in [1.29, 1.82) is 0 Å². The number of hydrogen-bond donors (Lipinski definition) is 1. The van der Waals surface area contributed by atoms with Crippen LogP contribution in [-0.2, 0) is 11.2 Å². The Bertz CT molecular complexity index is 492. The molecule has 3 rings (SSSR count). The summed E-state index contributed by atoms with van der Waals surface area (Å²) in [6, 6.07) is 6.09. The summed E-state index contributed by atoms with van der Waals surface area (Å²) in [6.45, 7) is 1.56. The maximum Gasteiger partial charge on any atom is 0.119 e. The van der Waals surface area contributed by atoms with E-state index in [2.05, 4.69) is 11.2 Å². The monoisotopic (exact) mass is 275 g/mol. The number of nitrogens with zero attached hydrogens (tertiary/aromatic N) is 1. The van der Waals surface area contributed by atoms with E-state index in [0.717, 1.165) is 55.7 Å². The van der Waals surface area contributed by atoms with Gasteiger partial charge in [0, 0.05) is 18.6 Å². The molecule has 0 aromatic heterocycles. The van der Waals surface area contributed by atoms with Crippen molar-refractivity contribution in [2.75, 3.05) is 13.2 Å². The molecule has 1 unspecified atom stereocenters. The zero-order chi connectivity index (χ0) is 13.8. The Morgan fingerprint density at radius 3 is 3.05 bits per heavy atom. The third-order valence-corrected chi connectivity index (χ3v) is 4.11. The smallest absolute Gasteiger partial charge is 0.119 e. The molecule has 1 atom stereocenters. The van der Waals surface area contributed by atoms with Gasteiger partial charge >= 0.3 is 0 Å². The van der Waals surface area contributed by atoms with E-state index in [0.29, 0.717) is 12.7 Å². The summed E-state index contributed by atoms with van der Waals surface area (Å²) in [7, 11) is 0. The molecule has 4 heteroatoms. The second-order valence-corrected chi connectivity index (χ2v) is 5.49. The number of fused-ring (bicyclic) bond motifs is 1. The molecule has 1 aliphatic heterocycles. The van der Waals surface area contributed by atoms with Gasteiger partial charge in [0.25, 0.3) is 0 Å². The van der Waals surface area contributed by atoms with Crippen molar-refractivity contribution in [2.45, 2.75) is 44.6 Å².